The minimum Gasteiger partial charge on any atom is -0.380 e. The Morgan fingerprint density at radius 3 is 2.28 bits per heavy atom. The van der Waals surface area contributed by atoms with Crippen LogP contribution in [0.5, 0.6) is 0 Å². The summed E-state index contributed by atoms with van der Waals surface area (Å²) in [5.74, 6) is -0.664. The van der Waals surface area contributed by atoms with E-state index in [9.17, 15) is 14.4 Å². The highest BCUT2D eigenvalue weighted by Crippen LogP contribution is 2.24. The van der Waals surface area contributed by atoms with Crippen LogP contribution in [-0.2, 0) is 14.3 Å². The van der Waals surface area contributed by atoms with Crippen LogP contribution >= 0.6 is 23.2 Å². The normalized spacial score (nSPS) is 11.6. The lowest BCUT2D eigenvalue weighted by atomic mass is 9.85. The van der Waals surface area contributed by atoms with Gasteiger partial charge in [0.15, 0.2) is 5.78 Å². The van der Waals surface area contributed by atoms with Gasteiger partial charge in [0.25, 0.3) is 0 Å². The first-order valence-corrected chi connectivity index (χ1v) is 8.89. The van der Waals surface area contributed by atoms with Crippen molar-refractivity contribution in [2.24, 2.45) is 11.3 Å². The first-order valence-electron chi connectivity index (χ1n) is 8.14. The van der Waals surface area contributed by atoms with E-state index < -0.39 is 11.2 Å². The molecule has 0 spiro atoms. The average Bonchev–Trinajstić information content (AvgIpc) is 2.49. The molecule has 0 saturated heterocycles. The number of carbonyl (C=O) groups is 3. The first-order chi connectivity index (χ1) is 11.5. The molecule has 0 atom stereocenters. The molecule has 1 aromatic carbocycles. The van der Waals surface area contributed by atoms with Crippen LogP contribution in [0.3, 0.4) is 0 Å². The van der Waals surface area contributed by atoms with Crippen molar-refractivity contribution >= 4 is 40.6 Å². The Morgan fingerprint density at radius 1 is 1.08 bits per heavy atom. The molecule has 0 aliphatic rings. The average molecular weight is 387 g/mol. The summed E-state index contributed by atoms with van der Waals surface area (Å²) >= 11 is 11.7. The Morgan fingerprint density at radius 2 is 1.72 bits per heavy atom. The van der Waals surface area contributed by atoms with Crippen molar-refractivity contribution in [2.45, 2.75) is 40.5 Å². The number of hydrogen-bond donors (Lipinski definition) is 0. The Balaban J connectivity index is 2.58. The largest absolute Gasteiger partial charge is 0.380 e. The van der Waals surface area contributed by atoms with Gasteiger partial charge in [-0.25, -0.2) is 0 Å². The zero-order chi connectivity index (χ0) is 19.2. The molecule has 0 aromatic heterocycles. The molecule has 25 heavy (non-hydrogen) atoms. The van der Waals surface area contributed by atoms with Crippen molar-refractivity contribution in [3.05, 3.63) is 33.8 Å². The van der Waals surface area contributed by atoms with Crippen molar-refractivity contribution in [3.63, 3.8) is 0 Å². The number of rotatable bonds is 10. The molecule has 4 nitrogen and oxygen atoms in total. The van der Waals surface area contributed by atoms with Gasteiger partial charge in [-0.05, 0) is 24.1 Å². The van der Waals surface area contributed by atoms with Crippen LogP contribution in [0.2, 0.25) is 10.0 Å². The minimum atomic E-state index is -0.767. The molecule has 0 radical (unpaired) electrons. The number of benzene rings is 1. The standard InChI is InChI=1S/C19H24Cl2O4/c1-12(2)10-25-11-19(3,4)18(24)9-14(22)8-17(23)13-5-6-15(20)16(21)7-13/h5-7,12H,8-11H2,1-4H3. The zero-order valence-corrected chi connectivity index (χ0v) is 16.5. The molecular weight excluding hydrogens is 363 g/mol. The van der Waals surface area contributed by atoms with Gasteiger partial charge in [-0.3, -0.25) is 14.4 Å². The van der Waals surface area contributed by atoms with Crippen LogP contribution in [0.4, 0.5) is 0 Å². The molecule has 1 rings (SSSR count). The summed E-state index contributed by atoms with van der Waals surface area (Å²) in [5, 5.41) is 0.586. The Labute approximate surface area is 158 Å². The third-order valence-electron chi connectivity index (χ3n) is 3.63. The predicted octanol–water partition coefficient (Wildman–Crippen LogP) is 4.79. The maximum Gasteiger partial charge on any atom is 0.170 e. The van der Waals surface area contributed by atoms with Gasteiger partial charge in [0.1, 0.15) is 11.6 Å². The number of hydrogen-bond acceptors (Lipinski definition) is 4. The predicted molar refractivity (Wildman–Crippen MR) is 99.5 cm³/mol. The van der Waals surface area contributed by atoms with Gasteiger partial charge in [0.2, 0.25) is 0 Å². The third-order valence-corrected chi connectivity index (χ3v) is 4.36. The summed E-state index contributed by atoms with van der Waals surface area (Å²) in [5.41, 5.74) is -0.466. The second-order valence-corrected chi connectivity index (χ2v) is 7.97. The highest BCUT2D eigenvalue weighted by Gasteiger charge is 2.30. The van der Waals surface area contributed by atoms with E-state index in [1.807, 2.05) is 13.8 Å². The van der Waals surface area contributed by atoms with Crippen molar-refractivity contribution in [1.82, 2.24) is 0 Å². The van der Waals surface area contributed by atoms with E-state index in [2.05, 4.69) is 0 Å². The van der Waals surface area contributed by atoms with Crippen LogP contribution in [-0.4, -0.2) is 30.6 Å². The van der Waals surface area contributed by atoms with E-state index >= 15 is 0 Å². The summed E-state index contributed by atoms with van der Waals surface area (Å²) < 4.78 is 5.51. The lowest BCUT2D eigenvalue weighted by Gasteiger charge is -2.23. The maximum atomic E-state index is 12.3. The quantitative estimate of drug-likeness (QED) is 0.428. The molecule has 0 aliphatic heterocycles. The molecule has 138 valence electrons. The summed E-state index contributed by atoms with van der Waals surface area (Å²) in [6.07, 6.45) is -0.627. The van der Waals surface area contributed by atoms with E-state index in [0.29, 0.717) is 23.1 Å². The highest BCUT2D eigenvalue weighted by atomic mass is 35.5. The summed E-state index contributed by atoms with van der Waals surface area (Å²) in [6, 6.07) is 4.43. The maximum absolute atomic E-state index is 12.3. The van der Waals surface area contributed by atoms with Gasteiger partial charge in [0.05, 0.1) is 29.5 Å². The van der Waals surface area contributed by atoms with Crippen LogP contribution in [0.1, 0.15) is 50.9 Å². The van der Waals surface area contributed by atoms with Gasteiger partial charge in [-0.2, -0.15) is 0 Å². The van der Waals surface area contributed by atoms with Gasteiger partial charge in [-0.1, -0.05) is 50.9 Å². The highest BCUT2D eigenvalue weighted by molar-refractivity contribution is 6.42. The fraction of sp³-hybridized carbons (Fsp3) is 0.526. The van der Waals surface area contributed by atoms with Gasteiger partial charge >= 0.3 is 0 Å². The Kier molecular flexibility index (Phi) is 8.26. The number of carbonyl (C=O) groups excluding carboxylic acids is 3. The molecule has 0 unspecified atom stereocenters. The van der Waals surface area contributed by atoms with E-state index in [1.165, 1.54) is 18.2 Å². The van der Waals surface area contributed by atoms with Gasteiger partial charge < -0.3 is 4.74 Å². The molecule has 0 fully saturated rings. The van der Waals surface area contributed by atoms with Crippen molar-refractivity contribution in [3.8, 4) is 0 Å². The number of ether oxygens (including phenoxy) is 1. The first kappa shape index (κ1) is 21.8. The molecule has 0 aliphatic carbocycles. The van der Waals surface area contributed by atoms with E-state index in [1.54, 1.807) is 13.8 Å². The van der Waals surface area contributed by atoms with E-state index in [-0.39, 0.29) is 36.0 Å². The smallest absolute Gasteiger partial charge is 0.170 e. The second kappa shape index (κ2) is 9.46. The Hall–Kier alpha value is -1.23. The molecule has 0 saturated carbocycles. The van der Waals surface area contributed by atoms with Crippen molar-refractivity contribution in [1.29, 1.82) is 0 Å². The molecular formula is C19H24Cl2O4. The van der Waals surface area contributed by atoms with Crippen LogP contribution in [0.25, 0.3) is 0 Å². The summed E-state index contributed by atoms with van der Waals surface area (Å²) in [7, 11) is 0. The van der Waals surface area contributed by atoms with Crippen LogP contribution in [0.15, 0.2) is 18.2 Å². The molecule has 0 N–H and O–H groups in total. The second-order valence-electron chi connectivity index (χ2n) is 7.16. The third kappa shape index (κ3) is 7.27. The summed E-state index contributed by atoms with van der Waals surface area (Å²) in [4.78, 5) is 36.5. The van der Waals surface area contributed by atoms with Crippen LogP contribution in [0, 0.1) is 11.3 Å². The van der Waals surface area contributed by atoms with Crippen LogP contribution < -0.4 is 0 Å². The fourth-order valence-electron chi connectivity index (χ4n) is 2.06. The monoisotopic (exact) mass is 386 g/mol. The zero-order valence-electron chi connectivity index (χ0n) is 15.0. The fourth-order valence-corrected chi connectivity index (χ4v) is 2.36. The number of halogens is 2. The van der Waals surface area contributed by atoms with Crippen molar-refractivity contribution in [2.75, 3.05) is 13.2 Å². The number of ketones is 3. The SMILES string of the molecule is CC(C)COCC(C)(C)C(=O)CC(=O)CC(=O)c1ccc(Cl)c(Cl)c1. The topological polar surface area (TPSA) is 60.4 Å². The molecule has 0 amide bonds. The van der Waals surface area contributed by atoms with E-state index in [0.717, 1.165) is 0 Å². The minimum absolute atomic E-state index is 0.233. The molecule has 1 aromatic rings. The van der Waals surface area contributed by atoms with Gasteiger partial charge in [-0.15, -0.1) is 0 Å². The lowest BCUT2D eigenvalue weighted by molar-refractivity contribution is -0.134. The van der Waals surface area contributed by atoms with Gasteiger partial charge in [0, 0.05) is 17.6 Å². The summed E-state index contributed by atoms with van der Waals surface area (Å²) in [6.45, 7) is 8.33. The van der Waals surface area contributed by atoms with E-state index in [4.69, 9.17) is 27.9 Å². The van der Waals surface area contributed by atoms with Crippen molar-refractivity contribution < 1.29 is 19.1 Å². The Bertz CT molecular complexity index is 651. The number of Topliss-reactive ketones (excluding diaryl/α,β-unsaturated/α-hetero) is 3. The lowest BCUT2D eigenvalue weighted by Crippen LogP contribution is -2.32. The molecule has 0 heterocycles. The molecule has 6 heteroatoms. The molecule has 0 bridgehead atoms.